The molecule has 1 saturated carbocycles. The third kappa shape index (κ3) is 3.74. The number of carbonyl (C=O) groups is 2. The van der Waals surface area contributed by atoms with Crippen LogP contribution in [0.3, 0.4) is 0 Å². The average molecular weight is 376 g/mol. The van der Waals surface area contributed by atoms with Crippen LogP contribution in [0.1, 0.15) is 48.9 Å². The fourth-order valence-electron chi connectivity index (χ4n) is 2.59. The molecule has 0 spiro atoms. The monoisotopic (exact) mass is 374 g/mol. The molecule has 5 nitrogen and oxygen atoms in total. The number of hydrogen-bond acceptors (Lipinski definition) is 3. The standard InChI is InChI=1S/C14H16BrClN2O3/c15-9-7-10(11(16)17-8-9)12(19)18-14(13(20)21)5-3-1-2-4-6-14/h7-8H,1-6H2,(H,18,19)(H,20,21). The summed E-state index contributed by atoms with van der Waals surface area (Å²) in [5.74, 6) is -1.49. The van der Waals surface area contributed by atoms with Crippen LogP contribution >= 0.6 is 27.5 Å². The van der Waals surface area contributed by atoms with Gasteiger partial charge in [0.25, 0.3) is 5.91 Å². The smallest absolute Gasteiger partial charge is 0.329 e. The van der Waals surface area contributed by atoms with Crippen molar-refractivity contribution in [3.8, 4) is 0 Å². The summed E-state index contributed by atoms with van der Waals surface area (Å²) in [6.45, 7) is 0. The van der Waals surface area contributed by atoms with Crippen LogP contribution in [0.5, 0.6) is 0 Å². The highest BCUT2D eigenvalue weighted by atomic mass is 79.9. The van der Waals surface area contributed by atoms with E-state index in [1.165, 1.54) is 12.3 Å². The number of nitrogens with zero attached hydrogens (tertiary/aromatic N) is 1. The van der Waals surface area contributed by atoms with Gasteiger partial charge in [0, 0.05) is 10.7 Å². The Bertz CT molecular complexity index is 557. The lowest BCUT2D eigenvalue weighted by Crippen LogP contribution is -2.54. The van der Waals surface area contributed by atoms with Crippen LogP contribution in [0.4, 0.5) is 0 Å². The third-order valence-electron chi connectivity index (χ3n) is 3.77. The molecule has 0 aliphatic heterocycles. The molecule has 0 atom stereocenters. The van der Waals surface area contributed by atoms with E-state index in [0.717, 1.165) is 25.7 Å². The van der Waals surface area contributed by atoms with Crippen molar-refractivity contribution in [2.24, 2.45) is 0 Å². The van der Waals surface area contributed by atoms with Gasteiger partial charge in [-0.25, -0.2) is 9.78 Å². The molecule has 1 aromatic rings. The minimum absolute atomic E-state index is 0.0601. The Kier molecular flexibility index (Phi) is 5.22. The molecule has 7 heteroatoms. The van der Waals surface area contributed by atoms with E-state index in [-0.39, 0.29) is 10.7 Å². The van der Waals surface area contributed by atoms with E-state index >= 15 is 0 Å². The maximum absolute atomic E-state index is 12.4. The zero-order chi connectivity index (χ0) is 15.5. The zero-order valence-corrected chi connectivity index (χ0v) is 13.7. The fourth-order valence-corrected chi connectivity index (χ4v) is 3.11. The number of aliphatic carboxylic acids is 1. The number of carbonyl (C=O) groups excluding carboxylic acids is 1. The zero-order valence-electron chi connectivity index (χ0n) is 11.4. The molecule has 0 radical (unpaired) electrons. The van der Waals surface area contributed by atoms with Crippen LogP contribution in [0.15, 0.2) is 16.7 Å². The Morgan fingerprint density at radius 2 is 1.90 bits per heavy atom. The molecular formula is C14H16BrClN2O3. The third-order valence-corrected chi connectivity index (χ3v) is 4.50. The number of amides is 1. The van der Waals surface area contributed by atoms with Crippen LogP contribution < -0.4 is 5.32 Å². The summed E-state index contributed by atoms with van der Waals surface area (Å²) in [7, 11) is 0. The van der Waals surface area contributed by atoms with Gasteiger partial charge in [-0.3, -0.25) is 4.79 Å². The number of rotatable bonds is 3. The summed E-state index contributed by atoms with van der Waals surface area (Å²) >= 11 is 9.15. The van der Waals surface area contributed by atoms with E-state index in [0.29, 0.717) is 17.3 Å². The molecule has 1 fully saturated rings. The largest absolute Gasteiger partial charge is 0.480 e. The Labute approximate surface area is 136 Å². The molecule has 0 saturated heterocycles. The molecule has 1 aliphatic rings. The van der Waals surface area contributed by atoms with Crippen molar-refractivity contribution in [3.05, 3.63) is 27.5 Å². The highest BCUT2D eigenvalue weighted by molar-refractivity contribution is 9.10. The molecule has 114 valence electrons. The first kappa shape index (κ1) is 16.2. The predicted octanol–water partition coefficient (Wildman–Crippen LogP) is 3.40. The highest BCUT2D eigenvalue weighted by Crippen LogP contribution is 2.28. The predicted molar refractivity (Wildman–Crippen MR) is 82.5 cm³/mol. The number of hydrogen-bond donors (Lipinski definition) is 2. The molecule has 1 aromatic heterocycles. The van der Waals surface area contributed by atoms with Crippen molar-refractivity contribution in [2.75, 3.05) is 0 Å². The number of carboxylic acid groups (broad SMARTS) is 1. The topological polar surface area (TPSA) is 79.3 Å². The first-order chi connectivity index (χ1) is 9.94. The van der Waals surface area contributed by atoms with Crippen molar-refractivity contribution >= 4 is 39.4 Å². The van der Waals surface area contributed by atoms with E-state index in [1.807, 2.05) is 0 Å². The van der Waals surface area contributed by atoms with Crippen molar-refractivity contribution < 1.29 is 14.7 Å². The van der Waals surface area contributed by atoms with Gasteiger partial charge < -0.3 is 10.4 Å². The number of nitrogens with one attached hydrogen (secondary N) is 1. The van der Waals surface area contributed by atoms with Crippen LogP contribution in [0.25, 0.3) is 0 Å². The van der Waals surface area contributed by atoms with Crippen LogP contribution in [0.2, 0.25) is 5.15 Å². The van der Waals surface area contributed by atoms with Gasteiger partial charge in [-0.2, -0.15) is 0 Å². The fraction of sp³-hybridized carbons (Fsp3) is 0.500. The molecule has 1 amide bonds. The van der Waals surface area contributed by atoms with Crippen molar-refractivity contribution in [3.63, 3.8) is 0 Å². The van der Waals surface area contributed by atoms with Crippen molar-refractivity contribution in [1.29, 1.82) is 0 Å². The maximum atomic E-state index is 12.4. The van der Waals surface area contributed by atoms with Gasteiger partial charge in [0.1, 0.15) is 10.7 Å². The lowest BCUT2D eigenvalue weighted by atomic mass is 9.90. The minimum Gasteiger partial charge on any atom is -0.480 e. The van der Waals surface area contributed by atoms with E-state index in [2.05, 4.69) is 26.2 Å². The molecule has 0 unspecified atom stereocenters. The van der Waals surface area contributed by atoms with Crippen LogP contribution in [0, 0.1) is 0 Å². The molecule has 21 heavy (non-hydrogen) atoms. The number of pyridine rings is 1. The summed E-state index contributed by atoms with van der Waals surface area (Å²) in [6.07, 6.45) is 5.92. The lowest BCUT2D eigenvalue weighted by Gasteiger charge is -2.29. The normalized spacial score (nSPS) is 17.8. The average Bonchev–Trinajstić information content (AvgIpc) is 2.68. The van der Waals surface area contributed by atoms with Gasteiger partial charge in [-0.15, -0.1) is 0 Å². The molecule has 0 aromatic carbocycles. The molecule has 2 N–H and O–H groups in total. The summed E-state index contributed by atoms with van der Waals surface area (Å²) < 4.78 is 0.613. The summed E-state index contributed by atoms with van der Waals surface area (Å²) in [6, 6.07) is 1.54. The van der Waals surface area contributed by atoms with E-state index in [9.17, 15) is 14.7 Å². The number of aromatic nitrogens is 1. The molecule has 0 bridgehead atoms. The first-order valence-corrected chi connectivity index (χ1v) is 7.99. The lowest BCUT2D eigenvalue weighted by molar-refractivity contribution is -0.145. The van der Waals surface area contributed by atoms with Gasteiger partial charge >= 0.3 is 5.97 Å². The number of carboxylic acids is 1. The summed E-state index contributed by atoms with van der Waals surface area (Å²) in [5, 5.41) is 12.3. The van der Waals surface area contributed by atoms with Crippen molar-refractivity contribution in [1.82, 2.24) is 10.3 Å². The quantitative estimate of drug-likeness (QED) is 0.627. The number of halogens is 2. The van der Waals surface area contributed by atoms with E-state index in [1.54, 1.807) is 0 Å². The molecular weight excluding hydrogens is 360 g/mol. The second-order valence-electron chi connectivity index (χ2n) is 5.25. The Hall–Kier alpha value is -1.14. The maximum Gasteiger partial charge on any atom is 0.329 e. The van der Waals surface area contributed by atoms with Gasteiger partial charge in [0.05, 0.1) is 5.56 Å². The van der Waals surface area contributed by atoms with Gasteiger partial charge in [-0.05, 0) is 34.8 Å². The van der Waals surface area contributed by atoms with Gasteiger partial charge in [-0.1, -0.05) is 37.3 Å². The molecule has 1 heterocycles. The Morgan fingerprint density at radius 3 is 2.48 bits per heavy atom. The van der Waals surface area contributed by atoms with Crippen LogP contribution in [-0.2, 0) is 4.79 Å². The van der Waals surface area contributed by atoms with E-state index in [4.69, 9.17) is 11.6 Å². The summed E-state index contributed by atoms with van der Waals surface area (Å²) in [4.78, 5) is 28.0. The second kappa shape index (κ2) is 6.75. The first-order valence-electron chi connectivity index (χ1n) is 6.81. The minimum atomic E-state index is -1.21. The SMILES string of the molecule is O=C(NC1(C(=O)O)CCCCCC1)c1cc(Br)cnc1Cl. The Morgan fingerprint density at radius 1 is 1.29 bits per heavy atom. The van der Waals surface area contributed by atoms with Crippen LogP contribution in [-0.4, -0.2) is 27.5 Å². The van der Waals surface area contributed by atoms with E-state index < -0.39 is 17.4 Å². The Balaban J connectivity index is 2.26. The highest BCUT2D eigenvalue weighted by Gasteiger charge is 2.40. The summed E-state index contributed by atoms with van der Waals surface area (Å²) in [5.41, 5.74) is -1.03. The second-order valence-corrected chi connectivity index (χ2v) is 6.52. The van der Waals surface area contributed by atoms with Gasteiger partial charge in [0.15, 0.2) is 0 Å². The molecule has 2 rings (SSSR count). The van der Waals surface area contributed by atoms with Gasteiger partial charge in [0.2, 0.25) is 0 Å². The molecule has 1 aliphatic carbocycles. The van der Waals surface area contributed by atoms with Crippen molar-refractivity contribution in [2.45, 2.75) is 44.1 Å².